The molecule has 26 heavy (non-hydrogen) atoms. The van der Waals surface area contributed by atoms with Crippen LogP contribution in [0.2, 0.25) is 0 Å². The highest BCUT2D eigenvalue weighted by Gasteiger charge is 2.25. The zero-order chi connectivity index (χ0) is 17.6. The molecular formula is C17H21ClN4O3S. The van der Waals surface area contributed by atoms with E-state index in [-0.39, 0.29) is 30.3 Å². The van der Waals surface area contributed by atoms with E-state index in [2.05, 4.69) is 21.3 Å². The molecule has 1 fully saturated rings. The number of benzene rings is 1. The first kappa shape index (κ1) is 20.2. The number of hydrogen-bond donors (Lipinski definition) is 5. The van der Waals surface area contributed by atoms with E-state index in [1.165, 1.54) is 11.3 Å². The quantitative estimate of drug-likeness (QED) is 0.534. The molecule has 1 aromatic heterocycles. The smallest absolute Gasteiger partial charge is 0.324 e. The SMILES string of the molecule is Cl.O=C(Nc1ccccc1)Nc1ccc(C(=O)NCC2CNCC2O)s1. The number of rotatable bonds is 5. The summed E-state index contributed by atoms with van der Waals surface area (Å²) in [6.45, 7) is 1.67. The third-order valence-corrected chi connectivity index (χ3v) is 4.93. The summed E-state index contributed by atoms with van der Waals surface area (Å²) in [6, 6.07) is 12.1. The lowest BCUT2D eigenvalue weighted by Crippen LogP contribution is -2.34. The molecule has 0 aliphatic carbocycles. The molecule has 140 valence electrons. The second kappa shape index (κ2) is 9.54. The molecule has 3 amide bonds. The van der Waals surface area contributed by atoms with Gasteiger partial charge < -0.3 is 21.1 Å². The molecule has 2 heterocycles. The van der Waals surface area contributed by atoms with Crippen molar-refractivity contribution in [3.05, 3.63) is 47.3 Å². The lowest BCUT2D eigenvalue weighted by molar-refractivity contribution is 0.0931. The van der Waals surface area contributed by atoms with Gasteiger partial charge in [-0.15, -0.1) is 23.7 Å². The monoisotopic (exact) mass is 396 g/mol. The Morgan fingerprint density at radius 1 is 1.12 bits per heavy atom. The summed E-state index contributed by atoms with van der Waals surface area (Å²) in [5.41, 5.74) is 0.693. The summed E-state index contributed by atoms with van der Waals surface area (Å²) >= 11 is 1.20. The fraction of sp³-hybridized carbons (Fsp3) is 0.294. The summed E-state index contributed by atoms with van der Waals surface area (Å²) in [4.78, 5) is 24.6. The Morgan fingerprint density at radius 2 is 1.88 bits per heavy atom. The molecule has 9 heteroatoms. The van der Waals surface area contributed by atoms with Crippen LogP contribution in [0.15, 0.2) is 42.5 Å². The number of amides is 3. The first-order valence-electron chi connectivity index (χ1n) is 8.01. The van der Waals surface area contributed by atoms with Gasteiger partial charge in [0, 0.05) is 31.2 Å². The van der Waals surface area contributed by atoms with Crippen LogP contribution >= 0.6 is 23.7 Å². The van der Waals surface area contributed by atoms with E-state index < -0.39 is 6.10 Å². The Labute approximate surface area is 161 Å². The average Bonchev–Trinajstić information content (AvgIpc) is 3.22. The molecule has 2 atom stereocenters. The molecule has 7 nitrogen and oxygen atoms in total. The molecule has 3 rings (SSSR count). The molecule has 0 radical (unpaired) electrons. The molecule has 1 saturated heterocycles. The standard InChI is InChI=1S/C17H20N4O3S.ClH/c22-13-10-18-8-11(13)9-19-16(23)14-6-7-15(25-14)21-17(24)20-12-4-2-1-3-5-12;/h1-7,11,13,18,22H,8-10H2,(H,19,23)(H2,20,21,24);1H. The molecule has 5 N–H and O–H groups in total. The van der Waals surface area contributed by atoms with Gasteiger partial charge in [-0.2, -0.15) is 0 Å². The first-order chi connectivity index (χ1) is 12.1. The lowest BCUT2D eigenvalue weighted by Gasteiger charge is -2.13. The van der Waals surface area contributed by atoms with Crippen molar-refractivity contribution in [3.8, 4) is 0 Å². The third kappa shape index (κ3) is 5.43. The van der Waals surface area contributed by atoms with E-state index in [9.17, 15) is 14.7 Å². The van der Waals surface area contributed by atoms with Crippen molar-refractivity contribution in [1.29, 1.82) is 0 Å². The summed E-state index contributed by atoms with van der Waals surface area (Å²) < 4.78 is 0. The van der Waals surface area contributed by atoms with Crippen molar-refractivity contribution >= 4 is 46.4 Å². The number of para-hydroxylation sites is 1. The van der Waals surface area contributed by atoms with Crippen molar-refractivity contribution in [3.63, 3.8) is 0 Å². The van der Waals surface area contributed by atoms with Gasteiger partial charge in [0.15, 0.2) is 0 Å². The van der Waals surface area contributed by atoms with E-state index in [0.29, 0.717) is 35.2 Å². The van der Waals surface area contributed by atoms with Crippen LogP contribution in [-0.2, 0) is 0 Å². The number of aliphatic hydroxyl groups excluding tert-OH is 1. The molecule has 0 spiro atoms. The Balaban J connectivity index is 0.00000243. The van der Waals surface area contributed by atoms with E-state index in [4.69, 9.17) is 0 Å². The Bertz CT molecular complexity index is 741. The molecule has 1 aliphatic heterocycles. The second-order valence-electron chi connectivity index (χ2n) is 5.80. The van der Waals surface area contributed by atoms with E-state index in [0.717, 1.165) is 0 Å². The summed E-state index contributed by atoms with van der Waals surface area (Å²) in [6.07, 6.45) is -0.428. The number of carbonyl (C=O) groups excluding carboxylic acids is 2. The highest BCUT2D eigenvalue weighted by molar-refractivity contribution is 7.18. The summed E-state index contributed by atoms with van der Waals surface area (Å²) in [7, 11) is 0. The van der Waals surface area contributed by atoms with Gasteiger partial charge in [-0.25, -0.2) is 4.79 Å². The van der Waals surface area contributed by atoms with Crippen molar-refractivity contribution in [2.45, 2.75) is 6.10 Å². The molecule has 0 saturated carbocycles. The number of thiophene rings is 1. The van der Waals surface area contributed by atoms with Crippen LogP contribution in [0.4, 0.5) is 15.5 Å². The lowest BCUT2D eigenvalue weighted by atomic mass is 10.1. The number of anilines is 2. The number of urea groups is 1. The zero-order valence-electron chi connectivity index (χ0n) is 13.9. The Morgan fingerprint density at radius 3 is 2.58 bits per heavy atom. The Hall–Kier alpha value is -2.13. The minimum Gasteiger partial charge on any atom is -0.391 e. The first-order valence-corrected chi connectivity index (χ1v) is 8.83. The molecular weight excluding hydrogens is 376 g/mol. The van der Waals surface area contributed by atoms with Gasteiger partial charge >= 0.3 is 6.03 Å². The van der Waals surface area contributed by atoms with Crippen LogP contribution in [0.25, 0.3) is 0 Å². The predicted octanol–water partition coefficient (Wildman–Crippen LogP) is 2.12. The van der Waals surface area contributed by atoms with Crippen molar-refractivity contribution in [2.24, 2.45) is 5.92 Å². The number of halogens is 1. The summed E-state index contributed by atoms with van der Waals surface area (Å²) in [5, 5.41) is 21.6. The van der Waals surface area contributed by atoms with E-state index >= 15 is 0 Å². The number of aliphatic hydroxyl groups is 1. The predicted molar refractivity (Wildman–Crippen MR) is 105 cm³/mol. The molecule has 2 unspecified atom stereocenters. The second-order valence-corrected chi connectivity index (χ2v) is 6.89. The average molecular weight is 397 g/mol. The minimum absolute atomic E-state index is 0. The van der Waals surface area contributed by atoms with Crippen LogP contribution < -0.4 is 21.3 Å². The van der Waals surface area contributed by atoms with E-state index in [1.54, 1.807) is 24.3 Å². The largest absolute Gasteiger partial charge is 0.391 e. The molecule has 2 aromatic rings. The topological polar surface area (TPSA) is 102 Å². The van der Waals surface area contributed by atoms with Crippen LogP contribution in [0.5, 0.6) is 0 Å². The summed E-state index contributed by atoms with van der Waals surface area (Å²) in [5.74, 6) is -0.182. The van der Waals surface area contributed by atoms with Gasteiger partial charge in [-0.3, -0.25) is 10.1 Å². The van der Waals surface area contributed by atoms with Gasteiger partial charge in [-0.1, -0.05) is 18.2 Å². The highest BCUT2D eigenvalue weighted by Crippen LogP contribution is 2.22. The maximum absolute atomic E-state index is 12.2. The van der Waals surface area contributed by atoms with Gasteiger partial charge in [0.1, 0.15) is 0 Å². The maximum atomic E-state index is 12.2. The van der Waals surface area contributed by atoms with Crippen molar-refractivity contribution < 1.29 is 14.7 Å². The molecule has 1 aliphatic rings. The normalized spacial score (nSPS) is 18.7. The number of carbonyl (C=O) groups is 2. The number of nitrogens with one attached hydrogen (secondary N) is 4. The third-order valence-electron chi connectivity index (χ3n) is 3.93. The van der Waals surface area contributed by atoms with Crippen molar-refractivity contribution in [1.82, 2.24) is 10.6 Å². The molecule has 1 aromatic carbocycles. The Kier molecular flexibility index (Phi) is 7.40. The van der Waals surface area contributed by atoms with Crippen LogP contribution in [0, 0.1) is 5.92 Å². The fourth-order valence-electron chi connectivity index (χ4n) is 2.56. The van der Waals surface area contributed by atoms with Gasteiger partial charge in [0.25, 0.3) is 5.91 Å². The fourth-order valence-corrected chi connectivity index (χ4v) is 3.38. The van der Waals surface area contributed by atoms with Gasteiger partial charge in [-0.05, 0) is 24.3 Å². The number of β-amino-alcohol motifs (C(OH)–C–C–N with tert-alkyl or cyclic N) is 1. The maximum Gasteiger partial charge on any atom is 0.324 e. The van der Waals surface area contributed by atoms with Gasteiger partial charge in [0.2, 0.25) is 0 Å². The van der Waals surface area contributed by atoms with E-state index in [1.807, 2.05) is 18.2 Å². The van der Waals surface area contributed by atoms with Crippen LogP contribution in [0.1, 0.15) is 9.67 Å². The van der Waals surface area contributed by atoms with Crippen molar-refractivity contribution in [2.75, 3.05) is 30.3 Å². The minimum atomic E-state index is -0.428. The molecule has 0 bridgehead atoms. The van der Waals surface area contributed by atoms with Crippen LogP contribution in [-0.4, -0.2) is 42.8 Å². The highest BCUT2D eigenvalue weighted by atomic mass is 35.5. The van der Waals surface area contributed by atoms with Crippen LogP contribution in [0.3, 0.4) is 0 Å². The van der Waals surface area contributed by atoms with Gasteiger partial charge in [0.05, 0.1) is 16.0 Å². The zero-order valence-corrected chi connectivity index (χ0v) is 15.5. The number of hydrogen-bond acceptors (Lipinski definition) is 5.